The van der Waals surface area contributed by atoms with Gasteiger partial charge in [0, 0.05) is 44.5 Å². The first-order valence-corrected chi connectivity index (χ1v) is 10.7. The number of urea groups is 1. The van der Waals surface area contributed by atoms with Crippen molar-refractivity contribution in [2.24, 2.45) is 0 Å². The molecule has 1 aromatic carbocycles. The molecule has 0 aliphatic carbocycles. The number of anilines is 1. The second-order valence-electron chi connectivity index (χ2n) is 8.46. The lowest BCUT2D eigenvalue weighted by Crippen LogP contribution is -2.58. The predicted octanol–water partition coefficient (Wildman–Crippen LogP) is 1.02. The van der Waals surface area contributed by atoms with E-state index in [2.05, 4.69) is 10.6 Å². The zero-order valence-electron chi connectivity index (χ0n) is 18.2. The van der Waals surface area contributed by atoms with Crippen molar-refractivity contribution >= 4 is 11.7 Å². The molecule has 2 heterocycles. The van der Waals surface area contributed by atoms with E-state index in [0.29, 0.717) is 31.9 Å². The molecule has 2 saturated heterocycles. The standard InChI is InChI=1S/C21H31F3N4O4/c1-13(2)26-20(31)25-11-16-18(19(30)17(12-29)32-16)28-8-6-27(7-9-28)15-5-3-4-14(10-15)21(22,23)24/h3-5,10,13,16-19,29-30H,6-9,11-12H2,1-2H3,(H2,25,26,31)/t16-,17-,18-,19+/m0/s1. The molecule has 4 atom stereocenters. The number of nitrogens with one attached hydrogen (secondary N) is 2. The molecule has 8 nitrogen and oxygen atoms in total. The maximum absolute atomic E-state index is 13.0. The molecule has 1 aromatic rings. The van der Waals surface area contributed by atoms with E-state index in [0.717, 1.165) is 12.1 Å². The summed E-state index contributed by atoms with van der Waals surface area (Å²) in [4.78, 5) is 15.8. The van der Waals surface area contributed by atoms with E-state index in [1.54, 1.807) is 6.07 Å². The van der Waals surface area contributed by atoms with Crippen molar-refractivity contribution in [2.45, 2.75) is 50.4 Å². The average molecular weight is 460 g/mol. The third-order valence-electron chi connectivity index (χ3n) is 5.80. The highest BCUT2D eigenvalue weighted by Crippen LogP contribution is 2.32. The Balaban J connectivity index is 1.63. The predicted molar refractivity (Wildman–Crippen MR) is 112 cm³/mol. The summed E-state index contributed by atoms with van der Waals surface area (Å²) in [6.07, 6.45) is -6.63. The molecule has 11 heteroatoms. The normalized spacial score (nSPS) is 27.1. The van der Waals surface area contributed by atoms with Crippen LogP contribution in [0.4, 0.5) is 23.7 Å². The second-order valence-corrected chi connectivity index (χ2v) is 8.46. The first-order chi connectivity index (χ1) is 15.1. The van der Waals surface area contributed by atoms with E-state index in [-0.39, 0.29) is 25.2 Å². The first kappa shape index (κ1) is 24.6. The van der Waals surface area contributed by atoms with Gasteiger partial charge < -0.3 is 30.5 Å². The zero-order chi connectivity index (χ0) is 23.5. The lowest BCUT2D eigenvalue weighted by Gasteiger charge is -2.41. The monoisotopic (exact) mass is 460 g/mol. The number of hydrogen-bond donors (Lipinski definition) is 4. The number of aliphatic hydroxyl groups excluding tert-OH is 2. The SMILES string of the molecule is CC(C)NC(=O)NC[C@@H]1O[C@@H](CO)[C@@H](O)[C@H]1N1CCN(c2cccc(C(F)(F)F)c2)CC1. The highest BCUT2D eigenvalue weighted by molar-refractivity contribution is 5.74. The maximum atomic E-state index is 13.0. The van der Waals surface area contributed by atoms with Crippen LogP contribution in [-0.4, -0.2) is 90.9 Å². The molecule has 0 radical (unpaired) electrons. The van der Waals surface area contributed by atoms with Crippen molar-refractivity contribution in [3.05, 3.63) is 29.8 Å². The van der Waals surface area contributed by atoms with Crippen LogP contribution in [-0.2, 0) is 10.9 Å². The van der Waals surface area contributed by atoms with Gasteiger partial charge in [-0.1, -0.05) is 6.07 Å². The van der Waals surface area contributed by atoms with Crippen molar-refractivity contribution in [1.29, 1.82) is 0 Å². The number of hydrogen-bond acceptors (Lipinski definition) is 6. The Bertz CT molecular complexity index is 772. The van der Waals surface area contributed by atoms with Crippen LogP contribution in [0.3, 0.4) is 0 Å². The topological polar surface area (TPSA) is 97.3 Å². The average Bonchev–Trinajstić information content (AvgIpc) is 3.06. The van der Waals surface area contributed by atoms with E-state index in [1.807, 2.05) is 23.6 Å². The van der Waals surface area contributed by atoms with Crippen LogP contribution in [0, 0.1) is 0 Å². The summed E-state index contributed by atoms with van der Waals surface area (Å²) in [6, 6.07) is 4.41. The summed E-state index contributed by atoms with van der Waals surface area (Å²) >= 11 is 0. The van der Waals surface area contributed by atoms with Crippen LogP contribution < -0.4 is 15.5 Å². The fourth-order valence-corrected chi connectivity index (χ4v) is 4.26. The fraction of sp³-hybridized carbons (Fsp3) is 0.667. The Morgan fingerprint density at radius 1 is 1.22 bits per heavy atom. The van der Waals surface area contributed by atoms with Crippen LogP contribution in [0.5, 0.6) is 0 Å². The number of halogens is 3. The highest BCUT2D eigenvalue weighted by Gasteiger charge is 2.46. The number of piperazine rings is 1. The summed E-state index contributed by atoms with van der Waals surface area (Å²) in [5.41, 5.74) is -0.187. The van der Waals surface area contributed by atoms with Gasteiger partial charge in [0.25, 0.3) is 0 Å². The van der Waals surface area contributed by atoms with Crippen LogP contribution in [0.15, 0.2) is 24.3 Å². The number of alkyl halides is 3. The number of nitrogens with zero attached hydrogens (tertiary/aromatic N) is 2. The minimum Gasteiger partial charge on any atom is -0.394 e. The van der Waals surface area contributed by atoms with Gasteiger partial charge in [0.2, 0.25) is 0 Å². The molecule has 3 rings (SSSR count). The van der Waals surface area contributed by atoms with Gasteiger partial charge in [-0.05, 0) is 32.0 Å². The lowest BCUT2D eigenvalue weighted by atomic mass is 10.0. The van der Waals surface area contributed by atoms with Gasteiger partial charge in [-0.2, -0.15) is 13.2 Å². The number of ether oxygens (including phenoxy) is 1. The summed E-state index contributed by atoms with van der Waals surface area (Å²) in [7, 11) is 0. The van der Waals surface area contributed by atoms with Gasteiger partial charge in [0.05, 0.1) is 24.3 Å². The number of carbonyl (C=O) groups excluding carboxylic acids is 1. The minimum absolute atomic E-state index is 0.0324. The van der Waals surface area contributed by atoms with Crippen LogP contribution >= 0.6 is 0 Å². The molecule has 0 bridgehead atoms. The Morgan fingerprint density at radius 2 is 1.91 bits per heavy atom. The number of aliphatic hydroxyl groups is 2. The van der Waals surface area contributed by atoms with Crippen molar-refractivity contribution < 1.29 is 32.9 Å². The second kappa shape index (κ2) is 10.2. The molecule has 0 aromatic heterocycles. The molecule has 4 N–H and O–H groups in total. The van der Waals surface area contributed by atoms with Crippen molar-refractivity contribution in [1.82, 2.24) is 15.5 Å². The first-order valence-electron chi connectivity index (χ1n) is 10.7. The maximum Gasteiger partial charge on any atom is 0.416 e. The number of carbonyl (C=O) groups is 1. The number of amides is 2. The van der Waals surface area contributed by atoms with Crippen LogP contribution in [0.1, 0.15) is 19.4 Å². The Morgan fingerprint density at radius 3 is 2.50 bits per heavy atom. The number of rotatable bonds is 6. The highest BCUT2D eigenvalue weighted by atomic mass is 19.4. The molecule has 32 heavy (non-hydrogen) atoms. The third-order valence-corrected chi connectivity index (χ3v) is 5.80. The van der Waals surface area contributed by atoms with Gasteiger partial charge in [-0.25, -0.2) is 4.79 Å². The van der Waals surface area contributed by atoms with Crippen molar-refractivity contribution in [3.63, 3.8) is 0 Å². The van der Waals surface area contributed by atoms with E-state index >= 15 is 0 Å². The van der Waals surface area contributed by atoms with Crippen molar-refractivity contribution in [2.75, 3.05) is 44.2 Å². The summed E-state index contributed by atoms with van der Waals surface area (Å²) in [5.74, 6) is 0. The minimum atomic E-state index is -4.40. The molecule has 2 fully saturated rings. The fourth-order valence-electron chi connectivity index (χ4n) is 4.26. The molecule has 2 aliphatic heterocycles. The summed E-state index contributed by atoms with van der Waals surface area (Å²) in [6.45, 7) is 5.42. The van der Waals surface area contributed by atoms with E-state index in [1.165, 1.54) is 6.07 Å². The number of benzene rings is 1. The quantitative estimate of drug-likeness (QED) is 0.506. The largest absolute Gasteiger partial charge is 0.416 e. The smallest absolute Gasteiger partial charge is 0.394 e. The van der Waals surface area contributed by atoms with Crippen LogP contribution in [0.25, 0.3) is 0 Å². The Kier molecular flexibility index (Phi) is 7.86. The molecule has 2 aliphatic rings. The van der Waals surface area contributed by atoms with E-state index in [9.17, 15) is 28.2 Å². The molecular formula is C21H31F3N4O4. The summed E-state index contributed by atoms with van der Waals surface area (Å²) in [5, 5.41) is 25.7. The van der Waals surface area contributed by atoms with Gasteiger partial charge in [0.15, 0.2) is 0 Å². The van der Waals surface area contributed by atoms with Gasteiger partial charge in [-0.15, -0.1) is 0 Å². The molecule has 0 spiro atoms. The van der Waals surface area contributed by atoms with Gasteiger partial charge in [0.1, 0.15) is 12.2 Å². The molecule has 0 unspecified atom stereocenters. The van der Waals surface area contributed by atoms with Gasteiger partial charge in [-0.3, -0.25) is 4.90 Å². The third kappa shape index (κ3) is 5.83. The Hall–Kier alpha value is -2.08. The molecule has 2 amide bonds. The van der Waals surface area contributed by atoms with Crippen LogP contribution in [0.2, 0.25) is 0 Å². The Labute approximate surface area is 185 Å². The lowest BCUT2D eigenvalue weighted by molar-refractivity contribution is -0.137. The van der Waals surface area contributed by atoms with E-state index < -0.39 is 36.1 Å². The van der Waals surface area contributed by atoms with Gasteiger partial charge >= 0.3 is 12.2 Å². The molecule has 180 valence electrons. The summed E-state index contributed by atoms with van der Waals surface area (Å²) < 4.78 is 44.9. The molecule has 0 saturated carbocycles. The van der Waals surface area contributed by atoms with E-state index in [4.69, 9.17) is 4.74 Å². The molecular weight excluding hydrogens is 429 g/mol. The van der Waals surface area contributed by atoms with Crippen molar-refractivity contribution in [3.8, 4) is 0 Å². The zero-order valence-corrected chi connectivity index (χ0v) is 18.2.